The maximum atomic E-state index is 12.3. The Labute approximate surface area is 118 Å². The first-order chi connectivity index (χ1) is 9.72. The molecule has 1 atom stereocenters. The van der Waals surface area contributed by atoms with Gasteiger partial charge in [0, 0.05) is 6.20 Å². The first kappa shape index (κ1) is 14.1. The van der Waals surface area contributed by atoms with Crippen molar-refractivity contribution in [2.75, 3.05) is 6.61 Å². The van der Waals surface area contributed by atoms with Crippen molar-refractivity contribution in [3.05, 3.63) is 59.8 Å². The SMILES string of the molecule is CCOc1ncccc1C(=O)N[C@H](C)c1ccccc1. The first-order valence-corrected chi connectivity index (χ1v) is 6.66. The summed E-state index contributed by atoms with van der Waals surface area (Å²) < 4.78 is 5.37. The molecule has 1 aromatic carbocycles. The topological polar surface area (TPSA) is 51.2 Å². The van der Waals surface area contributed by atoms with E-state index in [4.69, 9.17) is 4.74 Å². The summed E-state index contributed by atoms with van der Waals surface area (Å²) in [5, 5.41) is 2.95. The molecule has 0 fully saturated rings. The standard InChI is InChI=1S/C16H18N2O2/c1-3-20-16-14(10-7-11-17-16)15(19)18-12(2)13-8-5-4-6-9-13/h4-12H,3H2,1-2H3,(H,18,19)/t12-/m1/s1. The fourth-order valence-corrected chi connectivity index (χ4v) is 1.91. The fraction of sp³-hybridized carbons (Fsp3) is 0.250. The molecule has 2 aromatic rings. The van der Waals surface area contributed by atoms with Crippen LogP contribution in [0.5, 0.6) is 5.88 Å². The van der Waals surface area contributed by atoms with Gasteiger partial charge in [-0.05, 0) is 31.5 Å². The molecule has 0 saturated carbocycles. The Hall–Kier alpha value is -2.36. The van der Waals surface area contributed by atoms with E-state index in [1.165, 1.54) is 0 Å². The normalized spacial score (nSPS) is 11.7. The Morgan fingerprint density at radius 3 is 2.70 bits per heavy atom. The van der Waals surface area contributed by atoms with Crippen molar-refractivity contribution in [2.45, 2.75) is 19.9 Å². The van der Waals surface area contributed by atoms with Crippen molar-refractivity contribution >= 4 is 5.91 Å². The summed E-state index contributed by atoms with van der Waals surface area (Å²) in [6.45, 7) is 4.29. The Morgan fingerprint density at radius 1 is 1.25 bits per heavy atom. The third-order valence-corrected chi connectivity index (χ3v) is 2.94. The van der Waals surface area contributed by atoms with Crippen LogP contribution in [-0.2, 0) is 0 Å². The average molecular weight is 270 g/mol. The lowest BCUT2D eigenvalue weighted by atomic mass is 10.1. The highest BCUT2D eigenvalue weighted by molar-refractivity contribution is 5.96. The minimum Gasteiger partial charge on any atom is -0.477 e. The van der Waals surface area contributed by atoms with Crippen LogP contribution in [-0.4, -0.2) is 17.5 Å². The molecule has 0 aliphatic heterocycles. The van der Waals surface area contributed by atoms with E-state index < -0.39 is 0 Å². The highest BCUT2D eigenvalue weighted by Gasteiger charge is 2.16. The van der Waals surface area contributed by atoms with Gasteiger partial charge < -0.3 is 10.1 Å². The van der Waals surface area contributed by atoms with Crippen LogP contribution in [0.2, 0.25) is 0 Å². The lowest BCUT2D eigenvalue weighted by molar-refractivity contribution is 0.0935. The Morgan fingerprint density at radius 2 is 2.00 bits per heavy atom. The van der Waals surface area contributed by atoms with Gasteiger partial charge in [0.05, 0.1) is 12.6 Å². The fourth-order valence-electron chi connectivity index (χ4n) is 1.91. The second kappa shape index (κ2) is 6.70. The molecule has 0 aliphatic carbocycles. The first-order valence-electron chi connectivity index (χ1n) is 6.66. The molecule has 0 radical (unpaired) electrons. The zero-order valence-corrected chi connectivity index (χ0v) is 11.7. The van der Waals surface area contributed by atoms with Crippen molar-refractivity contribution in [3.63, 3.8) is 0 Å². The van der Waals surface area contributed by atoms with Gasteiger partial charge in [-0.25, -0.2) is 4.98 Å². The van der Waals surface area contributed by atoms with E-state index in [1.54, 1.807) is 18.3 Å². The minimum atomic E-state index is -0.182. The Kier molecular flexibility index (Phi) is 4.71. The molecule has 0 spiro atoms. The number of nitrogens with one attached hydrogen (secondary N) is 1. The largest absolute Gasteiger partial charge is 0.477 e. The van der Waals surface area contributed by atoms with Gasteiger partial charge in [-0.15, -0.1) is 0 Å². The van der Waals surface area contributed by atoms with E-state index in [1.807, 2.05) is 44.2 Å². The number of aromatic nitrogens is 1. The van der Waals surface area contributed by atoms with E-state index in [2.05, 4.69) is 10.3 Å². The quantitative estimate of drug-likeness (QED) is 0.908. The van der Waals surface area contributed by atoms with E-state index in [0.29, 0.717) is 18.1 Å². The molecule has 4 nitrogen and oxygen atoms in total. The number of ether oxygens (including phenoxy) is 1. The van der Waals surface area contributed by atoms with Crippen LogP contribution in [0.25, 0.3) is 0 Å². The van der Waals surface area contributed by atoms with Crippen molar-refractivity contribution in [1.82, 2.24) is 10.3 Å². The van der Waals surface area contributed by atoms with Crippen molar-refractivity contribution in [2.24, 2.45) is 0 Å². The number of hydrogen-bond acceptors (Lipinski definition) is 3. The Balaban J connectivity index is 2.12. The zero-order chi connectivity index (χ0) is 14.4. The molecule has 2 rings (SSSR count). The second-order valence-corrected chi connectivity index (χ2v) is 4.39. The molecule has 1 N–H and O–H groups in total. The van der Waals surface area contributed by atoms with Crippen LogP contribution >= 0.6 is 0 Å². The van der Waals surface area contributed by atoms with E-state index in [9.17, 15) is 4.79 Å². The molecular weight excluding hydrogens is 252 g/mol. The van der Waals surface area contributed by atoms with E-state index in [-0.39, 0.29) is 11.9 Å². The third kappa shape index (κ3) is 3.35. The van der Waals surface area contributed by atoms with Gasteiger partial charge in [-0.3, -0.25) is 4.79 Å². The van der Waals surface area contributed by atoms with Crippen molar-refractivity contribution < 1.29 is 9.53 Å². The van der Waals surface area contributed by atoms with Gasteiger partial charge in [-0.1, -0.05) is 30.3 Å². The number of benzene rings is 1. The number of nitrogens with zero attached hydrogens (tertiary/aromatic N) is 1. The minimum absolute atomic E-state index is 0.0709. The van der Waals surface area contributed by atoms with Gasteiger partial charge in [0.2, 0.25) is 5.88 Å². The highest BCUT2D eigenvalue weighted by Crippen LogP contribution is 2.17. The molecule has 1 heterocycles. The van der Waals surface area contributed by atoms with E-state index >= 15 is 0 Å². The zero-order valence-electron chi connectivity index (χ0n) is 11.7. The summed E-state index contributed by atoms with van der Waals surface area (Å²) in [7, 11) is 0. The maximum absolute atomic E-state index is 12.3. The number of carbonyl (C=O) groups excluding carboxylic acids is 1. The summed E-state index contributed by atoms with van der Waals surface area (Å²) in [4.78, 5) is 16.4. The number of carbonyl (C=O) groups is 1. The molecule has 0 bridgehead atoms. The maximum Gasteiger partial charge on any atom is 0.257 e. The smallest absolute Gasteiger partial charge is 0.257 e. The molecule has 20 heavy (non-hydrogen) atoms. The van der Waals surface area contributed by atoms with Crippen LogP contribution in [0, 0.1) is 0 Å². The monoisotopic (exact) mass is 270 g/mol. The van der Waals surface area contributed by atoms with Crippen molar-refractivity contribution in [3.8, 4) is 5.88 Å². The summed E-state index contributed by atoms with van der Waals surface area (Å²) in [5.41, 5.74) is 1.51. The Bertz CT molecular complexity index is 570. The summed E-state index contributed by atoms with van der Waals surface area (Å²) in [6, 6.07) is 13.2. The molecule has 0 saturated heterocycles. The van der Waals surface area contributed by atoms with Crippen LogP contribution in [0.4, 0.5) is 0 Å². The summed E-state index contributed by atoms with van der Waals surface area (Å²) in [6.07, 6.45) is 1.61. The molecule has 4 heteroatoms. The summed E-state index contributed by atoms with van der Waals surface area (Å²) >= 11 is 0. The van der Waals surface area contributed by atoms with Gasteiger partial charge in [-0.2, -0.15) is 0 Å². The predicted molar refractivity (Wildman–Crippen MR) is 77.7 cm³/mol. The number of amides is 1. The van der Waals surface area contributed by atoms with Crippen molar-refractivity contribution in [1.29, 1.82) is 0 Å². The van der Waals surface area contributed by atoms with Gasteiger partial charge >= 0.3 is 0 Å². The summed E-state index contributed by atoms with van der Waals surface area (Å²) in [5.74, 6) is 0.186. The number of hydrogen-bond donors (Lipinski definition) is 1. The van der Waals surface area contributed by atoms with Gasteiger partial charge in [0.1, 0.15) is 5.56 Å². The van der Waals surface area contributed by atoms with Crippen LogP contribution in [0.15, 0.2) is 48.7 Å². The van der Waals surface area contributed by atoms with Gasteiger partial charge in [0.25, 0.3) is 5.91 Å². The molecule has 0 aliphatic rings. The molecule has 1 amide bonds. The number of pyridine rings is 1. The van der Waals surface area contributed by atoms with E-state index in [0.717, 1.165) is 5.56 Å². The highest BCUT2D eigenvalue weighted by atomic mass is 16.5. The molecular formula is C16H18N2O2. The van der Waals surface area contributed by atoms with Gasteiger partial charge in [0.15, 0.2) is 0 Å². The lowest BCUT2D eigenvalue weighted by Crippen LogP contribution is -2.27. The predicted octanol–water partition coefficient (Wildman–Crippen LogP) is 2.97. The molecule has 104 valence electrons. The third-order valence-electron chi connectivity index (χ3n) is 2.94. The molecule has 0 unspecified atom stereocenters. The van der Waals surface area contributed by atoms with Crippen LogP contribution in [0.1, 0.15) is 35.8 Å². The lowest BCUT2D eigenvalue weighted by Gasteiger charge is -2.15. The number of rotatable bonds is 5. The average Bonchev–Trinajstić information content (AvgIpc) is 2.49. The van der Waals surface area contributed by atoms with Crippen LogP contribution < -0.4 is 10.1 Å². The van der Waals surface area contributed by atoms with Crippen LogP contribution in [0.3, 0.4) is 0 Å². The second-order valence-electron chi connectivity index (χ2n) is 4.39. The molecule has 1 aromatic heterocycles.